The number of rotatable bonds is 5. The summed E-state index contributed by atoms with van der Waals surface area (Å²) in [5.41, 5.74) is 2.62. The van der Waals surface area contributed by atoms with Crippen LogP contribution in [-0.2, 0) is 4.74 Å². The highest BCUT2D eigenvalue weighted by molar-refractivity contribution is 6.33. The Morgan fingerprint density at radius 1 is 1.65 bits per heavy atom. The number of aromatic nitrogens is 1. The van der Waals surface area contributed by atoms with Gasteiger partial charge >= 0.3 is 0 Å². The first-order valence-corrected chi connectivity index (χ1v) is 7.07. The molecule has 0 radical (unpaired) electrons. The Labute approximate surface area is 123 Å². The number of pyridine rings is 1. The zero-order valence-corrected chi connectivity index (χ0v) is 12.2. The number of nitrogens with two attached hydrogens (primary N) is 1. The first kappa shape index (κ1) is 15.0. The summed E-state index contributed by atoms with van der Waals surface area (Å²) in [6.45, 7) is 3.83. The van der Waals surface area contributed by atoms with E-state index in [-0.39, 0.29) is 17.7 Å². The molecule has 1 fully saturated rings. The number of hydrogen-bond donors (Lipinski definition) is 2. The lowest BCUT2D eigenvalue weighted by Crippen LogP contribution is -2.37. The Morgan fingerprint density at radius 2 is 2.45 bits per heavy atom. The van der Waals surface area contributed by atoms with Crippen molar-refractivity contribution in [1.29, 1.82) is 0 Å². The van der Waals surface area contributed by atoms with Gasteiger partial charge in [-0.1, -0.05) is 11.6 Å². The van der Waals surface area contributed by atoms with Crippen LogP contribution in [0.5, 0.6) is 0 Å². The van der Waals surface area contributed by atoms with Gasteiger partial charge < -0.3 is 15.1 Å². The van der Waals surface area contributed by atoms with Crippen molar-refractivity contribution < 1.29 is 9.53 Å². The summed E-state index contributed by atoms with van der Waals surface area (Å²) in [4.78, 5) is 18.3. The molecule has 1 amide bonds. The number of carbonyl (C=O) groups is 1. The van der Waals surface area contributed by atoms with Crippen molar-refractivity contribution in [3.05, 3.63) is 22.8 Å². The maximum Gasteiger partial charge on any atom is 0.274 e. The monoisotopic (exact) mass is 298 g/mol. The van der Waals surface area contributed by atoms with Gasteiger partial charge in [-0.3, -0.25) is 4.79 Å². The van der Waals surface area contributed by atoms with Crippen molar-refractivity contribution in [2.24, 2.45) is 5.84 Å². The predicted octanol–water partition coefficient (Wildman–Crippen LogP) is 1.66. The van der Waals surface area contributed by atoms with Crippen LogP contribution in [0, 0.1) is 0 Å². The van der Waals surface area contributed by atoms with Crippen LogP contribution in [0.1, 0.15) is 30.3 Å². The molecule has 1 saturated heterocycles. The third-order valence-electron chi connectivity index (χ3n) is 3.31. The first-order valence-electron chi connectivity index (χ1n) is 6.69. The third-order valence-corrected chi connectivity index (χ3v) is 3.62. The van der Waals surface area contributed by atoms with Crippen molar-refractivity contribution in [3.63, 3.8) is 0 Å². The van der Waals surface area contributed by atoms with Gasteiger partial charge in [-0.15, -0.1) is 0 Å². The molecule has 6 nitrogen and oxygen atoms in total. The van der Waals surface area contributed by atoms with Crippen molar-refractivity contribution in [2.45, 2.75) is 25.9 Å². The van der Waals surface area contributed by atoms with Crippen molar-refractivity contribution in [2.75, 3.05) is 25.1 Å². The lowest BCUT2D eigenvalue weighted by molar-refractivity contribution is 0.0535. The van der Waals surface area contributed by atoms with Crippen LogP contribution in [0.3, 0.4) is 0 Å². The van der Waals surface area contributed by atoms with Gasteiger partial charge in [0.05, 0.1) is 11.1 Å². The smallest absolute Gasteiger partial charge is 0.274 e. The SMILES string of the molecule is CCN(CC1CCCO1)C(=O)c1nc(NN)ccc1Cl. The molecule has 20 heavy (non-hydrogen) atoms. The van der Waals surface area contributed by atoms with E-state index < -0.39 is 0 Å². The minimum Gasteiger partial charge on any atom is -0.376 e. The number of hydrogen-bond acceptors (Lipinski definition) is 5. The van der Waals surface area contributed by atoms with E-state index in [9.17, 15) is 4.79 Å². The molecular weight excluding hydrogens is 280 g/mol. The number of carbonyl (C=O) groups excluding carboxylic acids is 1. The summed E-state index contributed by atoms with van der Waals surface area (Å²) in [5.74, 6) is 5.51. The maximum absolute atomic E-state index is 12.5. The summed E-state index contributed by atoms with van der Waals surface area (Å²) < 4.78 is 5.57. The van der Waals surface area contributed by atoms with Gasteiger partial charge in [0, 0.05) is 19.7 Å². The summed E-state index contributed by atoms with van der Waals surface area (Å²) >= 11 is 6.06. The van der Waals surface area contributed by atoms with Crippen LogP contribution in [-0.4, -0.2) is 41.6 Å². The van der Waals surface area contributed by atoms with E-state index in [0.29, 0.717) is 23.9 Å². The van der Waals surface area contributed by atoms with E-state index in [0.717, 1.165) is 19.4 Å². The van der Waals surface area contributed by atoms with E-state index >= 15 is 0 Å². The van der Waals surface area contributed by atoms with Crippen LogP contribution in [0.2, 0.25) is 5.02 Å². The molecule has 0 bridgehead atoms. The van der Waals surface area contributed by atoms with Crippen LogP contribution in [0.25, 0.3) is 0 Å². The second-order valence-corrected chi connectivity index (χ2v) is 5.06. The second kappa shape index (κ2) is 6.88. The van der Waals surface area contributed by atoms with E-state index in [4.69, 9.17) is 22.2 Å². The average Bonchev–Trinajstić information content (AvgIpc) is 2.97. The Balaban J connectivity index is 2.14. The summed E-state index contributed by atoms with van der Waals surface area (Å²) in [7, 11) is 0. The molecule has 2 heterocycles. The van der Waals surface area contributed by atoms with E-state index in [2.05, 4.69) is 10.4 Å². The molecule has 1 aromatic rings. The normalized spacial score (nSPS) is 18.1. The molecule has 0 aromatic carbocycles. The molecule has 110 valence electrons. The Morgan fingerprint density at radius 3 is 3.05 bits per heavy atom. The first-order chi connectivity index (χ1) is 9.65. The molecule has 1 aromatic heterocycles. The predicted molar refractivity (Wildman–Crippen MR) is 77.6 cm³/mol. The van der Waals surface area contributed by atoms with Gasteiger partial charge in [-0.2, -0.15) is 0 Å². The topological polar surface area (TPSA) is 80.5 Å². The van der Waals surface area contributed by atoms with Crippen molar-refractivity contribution >= 4 is 23.3 Å². The summed E-state index contributed by atoms with van der Waals surface area (Å²) in [6.07, 6.45) is 2.13. The van der Waals surface area contributed by atoms with Gasteiger partial charge in [0.15, 0.2) is 0 Å². The van der Waals surface area contributed by atoms with E-state index in [1.165, 1.54) is 0 Å². The highest BCUT2D eigenvalue weighted by Gasteiger charge is 2.24. The van der Waals surface area contributed by atoms with Crippen LogP contribution >= 0.6 is 11.6 Å². The number of anilines is 1. The Hall–Kier alpha value is -1.37. The number of halogens is 1. The number of nitrogens with zero attached hydrogens (tertiary/aromatic N) is 2. The number of likely N-dealkylation sites (N-methyl/N-ethyl adjacent to an activating group) is 1. The molecule has 0 aliphatic carbocycles. The minimum atomic E-state index is -0.204. The number of ether oxygens (including phenoxy) is 1. The van der Waals surface area contributed by atoms with Crippen molar-refractivity contribution in [1.82, 2.24) is 9.88 Å². The highest BCUT2D eigenvalue weighted by Crippen LogP contribution is 2.20. The second-order valence-electron chi connectivity index (χ2n) is 4.65. The molecule has 1 aliphatic heterocycles. The quantitative estimate of drug-likeness (QED) is 0.638. The van der Waals surface area contributed by atoms with Crippen molar-refractivity contribution in [3.8, 4) is 0 Å². The molecule has 1 unspecified atom stereocenters. The zero-order valence-electron chi connectivity index (χ0n) is 11.4. The van der Waals surface area contributed by atoms with Gasteiger partial charge in [0.1, 0.15) is 11.5 Å². The Bertz CT molecular complexity index is 477. The number of amides is 1. The van der Waals surface area contributed by atoms with Gasteiger partial charge in [0.25, 0.3) is 5.91 Å². The number of nitrogen functional groups attached to an aromatic ring is 1. The van der Waals surface area contributed by atoms with Crippen LogP contribution in [0.15, 0.2) is 12.1 Å². The fraction of sp³-hybridized carbons (Fsp3) is 0.538. The van der Waals surface area contributed by atoms with Crippen LogP contribution < -0.4 is 11.3 Å². The van der Waals surface area contributed by atoms with Gasteiger partial charge in [-0.05, 0) is 31.9 Å². The molecule has 3 N–H and O–H groups in total. The summed E-state index contributed by atoms with van der Waals surface area (Å²) in [5, 5.41) is 0.319. The van der Waals surface area contributed by atoms with E-state index in [1.54, 1.807) is 17.0 Å². The van der Waals surface area contributed by atoms with E-state index in [1.807, 2.05) is 6.92 Å². The fourth-order valence-electron chi connectivity index (χ4n) is 2.21. The molecule has 0 saturated carbocycles. The maximum atomic E-state index is 12.5. The van der Waals surface area contributed by atoms with Crippen LogP contribution in [0.4, 0.5) is 5.82 Å². The molecule has 1 aliphatic rings. The van der Waals surface area contributed by atoms with Gasteiger partial charge in [0.2, 0.25) is 0 Å². The van der Waals surface area contributed by atoms with Gasteiger partial charge in [-0.25, -0.2) is 10.8 Å². The fourth-order valence-corrected chi connectivity index (χ4v) is 2.40. The molecule has 1 atom stereocenters. The number of hydrazine groups is 1. The lowest BCUT2D eigenvalue weighted by atomic mass is 10.2. The number of nitrogens with one attached hydrogen (secondary N) is 1. The zero-order chi connectivity index (χ0) is 14.5. The molecule has 7 heteroatoms. The minimum absolute atomic E-state index is 0.105. The molecule has 2 rings (SSSR count). The standard InChI is InChI=1S/C13H19ClN4O2/c1-2-18(8-9-4-3-7-20-9)13(19)12-10(14)5-6-11(16-12)17-15/h5-6,9H,2-4,7-8,15H2,1H3,(H,16,17). The third kappa shape index (κ3) is 3.39. The Kier molecular flexibility index (Phi) is 5.17. The highest BCUT2D eigenvalue weighted by atomic mass is 35.5. The summed E-state index contributed by atoms with van der Waals surface area (Å²) in [6, 6.07) is 3.23. The lowest BCUT2D eigenvalue weighted by Gasteiger charge is -2.24. The largest absolute Gasteiger partial charge is 0.376 e. The molecule has 0 spiro atoms. The molecular formula is C13H19ClN4O2. The average molecular weight is 299 g/mol.